The Labute approximate surface area is 119 Å². The third kappa shape index (κ3) is 3.57. The second-order valence-electron chi connectivity index (χ2n) is 3.33. The van der Waals surface area contributed by atoms with Crippen LogP contribution in [0, 0.1) is 3.57 Å². The van der Waals surface area contributed by atoms with E-state index >= 15 is 0 Å². The maximum Gasteiger partial charge on any atom is 0.142 e. The monoisotopic (exact) mass is 357 g/mol. The minimum absolute atomic E-state index is 0.787. The highest BCUT2D eigenvalue weighted by Crippen LogP contribution is 2.22. The van der Waals surface area contributed by atoms with Crippen molar-refractivity contribution >= 4 is 40.2 Å². The minimum Gasteiger partial charge on any atom is -0.372 e. The van der Waals surface area contributed by atoms with Crippen LogP contribution < -0.4 is 5.32 Å². The fraction of sp³-hybridized carbons (Fsp3) is 0.167. The number of hydrogen-bond acceptors (Lipinski definition) is 4. The van der Waals surface area contributed by atoms with Crippen LogP contribution in [0.4, 0.5) is 5.82 Å². The van der Waals surface area contributed by atoms with Gasteiger partial charge in [0.1, 0.15) is 11.6 Å². The van der Waals surface area contributed by atoms with Gasteiger partial charge in [0.2, 0.25) is 0 Å². The lowest BCUT2D eigenvalue weighted by atomic mass is 10.4. The number of nitrogens with zero attached hydrogens (tertiary/aromatic N) is 2. The van der Waals surface area contributed by atoms with Gasteiger partial charge >= 0.3 is 0 Å². The molecule has 3 nitrogen and oxygen atoms in total. The van der Waals surface area contributed by atoms with Gasteiger partial charge in [0.25, 0.3) is 0 Å². The highest BCUT2D eigenvalue weighted by molar-refractivity contribution is 14.1. The summed E-state index contributed by atoms with van der Waals surface area (Å²) in [7, 11) is 1.87. The fourth-order valence-electron chi connectivity index (χ4n) is 1.31. The summed E-state index contributed by atoms with van der Waals surface area (Å²) in [6.45, 7) is 0. The zero-order valence-electron chi connectivity index (χ0n) is 9.35. The molecule has 0 saturated heterocycles. The van der Waals surface area contributed by atoms with Crippen LogP contribution >= 0.6 is 34.4 Å². The third-order valence-electron chi connectivity index (χ3n) is 2.14. The first-order valence-electron chi connectivity index (χ1n) is 5.16. The predicted octanol–water partition coefficient (Wildman–Crippen LogP) is 3.42. The Morgan fingerprint density at radius 3 is 2.76 bits per heavy atom. The Morgan fingerprint density at radius 1 is 1.29 bits per heavy atom. The van der Waals surface area contributed by atoms with Crippen molar-refractivity contribution in [1.82, 2.24) is 9.97 Å². The van der Waals surface area contributed by atoms with Gasteiger partial charge in [-0.3, -0.25) is 0 Å². The van der Waals surface area contributed by atoms with Crippen LogP contribution in [-0.4, -0.2) is 17.0 Å². The van der Waals surface area contributed by atoms with Gasteiger partial charge in [0, 0.05) is 18.1 Å². The fourth-order valence-corrected chi connectivity index (χ4v) is 2.63. The van der Waals surface area contributed by atoms with E-state index in [4.69, 9.17) is 0 Å². The van der Waals surface area contributed by atoms with E-state index in [-0.39, 0.29) is 0 Å². The maximum absolute atomic E-state index is 4.46. The minimum atomic E-state index is 0.787. The van der Waals surface area contributed by atoms with E-state index in [2.05, 4.69) is 50.0 Å². The van der Waals surface area contributed by atoms with E-state index in [1.807, 2.05) is 31.4 Å². The van der Waals surface area contributed by atoms with E-state index in [1.54, 1.807) is 11.8 Å². The summed E-state index contributed by atoms with van der Waals surface area (Å²) < 4.78 is 1.04. The first kappa shape index (κ1) is 12.6. The first-order chi connectivity index (χ1) is 8.29. The topological polar surface area (TPSA) is 37.8 Å². The molecule has 0 aliphatic heterocycles. The summed E-state index contributed by atoms with van der Waals surface area (Å²) in [6.07, 6.45) is 1.85. The van der Waals surface area contributed by atoms with E-state index < -0.39 is 0 Å². The van der Waals surface area contributed by atoms with Crippen molar-refractivity contribution in [2.75, 3.05) is 12.4 Å². The molecule has 0 aliphatic carbocycles. The molecule has 2 aromatic rings. The van der Waals surface area contributed by atoms with Crippen LogP contribution in [0.2, 0.25) is 0 Å². The molecule has 0 amide bonds. The number of benzene rings is 1. The average Bonchev–Trinajstić information content (AvgIpc) is 2.39. The van der Waals surface area contributed by atoms with Gasteiger partial charge in [-0.15, -0.1) is 11.8 Å². The van der Waals surface area contributed by atoms with Crippen molar-refractivity contribution in [3.8, 4) is 0 Å². The predicted molar refractivity (Wildman–Crippen MR) is 80.3 cm³/mol. The Bertz CT molecular complexity index is 490. The van der Waals surface area contributed by atoms with Crippen molar-refractivity contribution in [2.45, 2.75) is 10.6 Å². The molecule has 88 valence electrons. The molecule has 0 bridgehead atoms. The first-order valence-corrected chi connectivity index (χ1v) is 7.23. The smallest absolute Gasteiger partial charge is 0.142 e. The normalized spacial score (nSPS) is 10.2. The van der Waals surface area contributed by atoms with Gasteiger partial charge in [-0.05, 0) is 34.7 Å². The van der Waals surface area contributed by atoms with Gasteiger partial charge < -0.3 is 5.32 Å². The van der Waals surface area contributed by atoms with Crippen molar-refractivity contribution in [3.63, 3.8) is 0 Å². The van der Waals surface area contributed by atoms with E-state index in [1.165, 1.54) is 4.90 Å². The summed E-state index contributed by atoms with van der Waals surface area (Å²) in [5.74, 6) is 2.53. The molecule has 0 aliphatic rings. The molecule has 0 atom stereocenters. The van der Waals surface area contributed by atoms with Gasteiger partial charge in [-0.2, -0.15) is 0 Å². The van der Waals surface area contributed by atoms with E-state index in [9.17, 15) is 0 Å². The van der Waals surface area contributed by atoms with Gasteiger partial charge in [-0.1, -0.05) is 18.2 Å². The van der Waals surface area contributed by atoms with Crippen molar-refractivity contribution in [2.24, 2.45) is 0 Å². The molecule has 5 heteroatoms. The average molecular weight is 357 g/mol. The second kappa shape index (κ2) is 6.20. The number of hydrogen-bond donors (Lipinski definition) is 1. The van der Waals surface area contributed by atoms with E-state index in [0.29, 0.717) is 0 Å². The van der Waals surface area contributed by atoms with Crippen molar-refractivity contribution < 1.29 is 0 Å². The van der Waals surface area contributed by atoms with Crippen LogP contribution in [0.3, 0.4) is 0 Å². The molecule has 1 heterocycles. The Balaban J connectivity index is 2.04. The molecule has 0 saturated carbocycles. The quantitative estimate of drug-likeness (QED) is 0.672. The lowest BCUT2D eigenvalue weighted by Gasteiger charge is -2.05. The number of thioether (sulfide) groups is 1. The number of halogens is 1. The molecule has 0 spiro atoms. The molecular formula is C12H12IN3S. The largest absolute Gasteiger partial charge is 0.372 e. The molecule has 0 unspecified atom stereocenters. The number of aromatic nitrogens is 2. The Hall–Kier alpha value is -0.820. The van der Waals surface area contributed by atoms with Crippen LogP contribution in [0.25, 0.3) is 0 Å². The standard InChI is InChI=1S/C12H12IN3S/c1-14-12-10(13)7-15-11(16-12)8-17-9-5-3-2-4-6-9/h2-7H,8H2,1H3,(H,14,15,16). The lowest BCUT2D eigenvalue weighted by Crippen LogP contribution is -2.01. The Morgan fingerprint density at radius 2 is 2.06 bits per heavy atom. The van der Waals surface area contributed by atoms with Crippen molar-refractivity contribution in [1.29, 1.82) is 0 Å². The van der Waals surface area contributed by atoms with Crippen LogP contribution in [0.1, 0.15) is 5.82 Å². The van der Waals surface area contributed by atoms with Crippen molar-refractivity contribution in [3.05, 3.63) is 45.9 Å². The lowest BCUT2D eigenvalue weighted by molar-refractivity contribution is 1.02. The number of anilines is 1. The number of rotatable bonds is 4. The van der Waals surface area contributed by atoms with Crippen LogP contribution in [-0.2, 0) is 5.75 Å². The maximum atomic E-state index is 4.46. The summed E-state index contributed by atoms with van der Waals surface area (Å²) >= 11 is 3.97. The summed E-state index contributed by atoms with van der Waals surface area (Å²) in [5.41, 5.74) is 0. The van der Waals surface area contributed by atoms with Gasteiger partial charge in [-0.25, -0.2) is 9.97 Å². The molecule has 0 radical (unpaired) electrons. The second-order valence-corrected chi connectivity index (χ2v) is 5.55. The highest BCUT2D eigenvalue weighted by atomic mass is 127. The Kier molecular flexibility index (Phi) is 4.61. The van der Waals surface area contributed by atoms with Gasteiger partial charge in [0.15, 0.2) is 0 Å². The molecule has 2 rings (SSSR count). The zero-order valence-corrected chi connectivity index (χ0v) is 12.3. The van der Waals surface area contributed by atoms with Crippen LogP contribution in [0.5, 0.6) is 0 Å². The summed E-state index contributed by atoms with van der Waals surface area (Å²) in [4.78, 5) is 10.0. The third-order valence-corrected chi connectivity index (χ3v) is 3.94. The zero-order chi connectivity index (χ0) is 12.1. The molecule has 1 N–H and O–H groups in total. The SMILES string of the molecule is CNc1nc(CSc2ccccc2)ncc1I. The van der Waals surface area contributed by atoms with Crippen LogP contribution in [0.15, 0.2) is 41.4 Å². The highest BCUT2D eigenvalue weighted by Gasteiger charge is 2.03. The molecule has 17 heavy (non-hydrogen) atoms. The van der Waals surface area contributed by atoms with Gasteiger partial charge in [0.05, 0.1) is 9.32 Å². The summed E-state index contributed by atoms with van der Waals surface area (Å²) in [6, 6.07) is 10.3. The molecule has 0 fully saturated rings. The molecule has 1 aromatic carbocycles. The molecule has 1 aromatic heterocycles. The number of nitrogens with one attached hydrogen (secondary N) is 1. The summed E-state index contributed by atoms with van der Waals surface area (Å²) in [5, 5.41) is 3.07. The van der Waals surface area contributed by atoms with E-state index in [0.717, 1.165) is 21.0 Å². The molecular weight excluding hydrogens is 345 g/mol.